The van der Waals surface area contributed by atoms with Crippen LogP contribution in [-0.4, -0.2) is 42.4 Å². The fourth-order valence-electron chi connectivity index (χ4n) is 3.40. The molecule has 0 bridgehead atoms. The molecule has 2 aliphatic heterocycles. The summed E-state index contributed by atoms with van der Waals surface area (Å²) >= 11 is 0. The highest BCUT2D eigenvalue weighted by Crippen LogP contribution is 2.21. The third kappa shape index (κ3) is 3.66. The summed E-state index contributed by atoms with van der Waals surface area (Å²) in [4.78, 5) is 28.1. The van der Waals surface area contributed by atoms with Gasteiger partial charge in [-0.3, -0.25) is 9.59 Å². The molecular weight excluding hydrogens is 290 g/mol. The van der Waals surface area contributed by atoms with Crippen molar-refractivity contribution in [2.24, 2.45) is 0 Å². The van der Waals surface area contributed by atoms with Gasteiger partial charge in [0.05, 0.1) is 0 Å². The quantitative estimate of drug-likeness (QED) is 0.903. The van der Waals surface area contributed by atoms with Gasteiger partial charge in [0.15, 0.2) is 0 Å². The average Bonchev–Trinajstić information content (AvgIpc) is 3.23. The third-order valence-corrected chi connectivity index (χ3v) is 4.81. The monoisotopic (exact) mass is 315 g/mol. The topological polar surface area (TPSA) is 52.7 Å². The SMILES string of the molecule is CC(C(=O)NCc1cccc(N2CCCC2)c1)N1CCCC1=O. The lowest BCUT2D eigenvalue weighted by molar-refractivity contribution is -0.136. The molecule has 0 saturated carbocycles. The molecule has 0 aliphatic carbocycles. The number of hydrogen-bond donors (Lipinski definition) is 1. The lowest BCUT2D eigenvalue weighted by atomic mass is 10.1. The van der Waals surface area contributed by atoms with E-state index in [1.807, 2.05) is 12.1 Å². The van der Waals surface area contributed by atoms with Crippen LogP contribution in [0, 0.1) is 0 Å². The van der Waals surface area contributed by atoms with Gasteiger partial charge in [0.2, 0.25) is 11.8 Å². The standard InChI is InChI=1S/C18H25N3O2/c1-14(21-11-5-8-17(21)22)18(23)19-13-15-6-4-7-16(12-15)20-9-2-3-10-20/h4,6-7,12,14H,2-3,5,8-11,13H2,1H3,(H,19,23). The zero-order chi connectivity index (χ0) is 16.2. The summed E-state index contributed by atoms with van der Waals surface area (Å²) in [5.41, 5.74) is 2.33. The fourth-order valence-corrected chi connectivity index (χ4v) is 3.40. The van der Waals surface area contributed by atoms with Crippen LogP contribution in [0.5, 0.6) is 0 Å². The minimum atomic E-state index is -0.383. The fraction of sp³-hybridized carbons (Fsp3) is 0.556. The highest BCUT2D eigenvalue weighted by atomic mass is 16.2. The van der Waals surface area contributed by atoms with Crippen LogP contribution in [0.15, 0.2) is 24.3 Å². The van der Waals surface area contributed by atoms with Gasteiger partial charge >= 0.3 is 0 Å². The van der Waals surface area contributed by atoms with Crippen LogP contribution in [0.1, 0.15) is 38.2 Å². The van der Waals surface area contributed by atoms with Gasteiger partial charge in [0.25, 0.3) is 0 Å². The van der Waals surface area contributed by atoms with Crippen LogP contribution in [0.2, 0.25) is 0 Å². The van der Waals surface area contributed by atoms with Gasteiger partial charge in [0.1, 0.15) is 6.04 Å². The summed E-state index contributed by atoms with van der Waals surface area (Å²) in [7, 11) is 0. The van der Waals surface area contributed by atoms with E-state index in [0.717, 1.165) is 25.1 Å². The second kappa shape index (κ2) is 7.02. The maximum absolute atomic E-state index is 12.3. The van der Waals surface area contributed by atoms with Crippen molar-refractivity contribution in [1.29, 1.82) is 0 Å². The Balaban J connectivity index is 1.56. The minimum absolute atomic E-state index is 0.0770. The molecule has 1 N–H and O–H groups in total. The summed E-state index contributed by atoms with van der Waals surface area (Å²) < 4.78 is 0. The number of likely N-dealkylation sites (tertiary alicyclic amines) is 1. The van der Waals surface area contributed by atoms with Gasteiger partial charge < -0.3 is 15.1 Å². The normalized spacial score (nSPS) is 19.3. The smallest absolute Gasteiger partial charge is 0.242 e. The van der Waals surface area contributed by atoms with E-state index in [1.165, 1.54) is 18.5 Å². The Morgan fingerprint density at radius 3 is 2.70 bits per heavy atom. The van der Waals surface area contributed by atoms with Gasteiger partial charge in [-0.1, -0.05) is 12.1 Å². The lowest BCUT2D eigenvalue weighted by Gasteiger charge is -2.23. The molecule has 2 saturated heterocycles. The van der Waals surface area contributed by atoms with Crippen molar-refractivity contribution >= 4 is 17.5 Å². The van der Waals surface area contributed by atoms with Crippen LogP contribution >= 0.6 is 0 Å². The molecule has 1 aromatic carbocycles. The van der Waals surface area contributed by atoms with Crippen LogP contribution < -0.4 is 10.2 Å². The van der Waals surface area contributed by atoms with Crippen molar-refractivity contribution < 1.29 is 9.59 Å². The van der Waals surface area contributed by atoms with E-state index in [2.05, 4.69) is 22.3 Å². The van der Waals surface area contributed by atoms with E-state index in [1.54, 1.807) is 11.8 Å². The van der Waals surface area contributed by atoms with Crippen LogP contribution in [0.25, 0.3) is 0 Å². The van der Waals surface area contributed by atoms with Gasteiger partial charge in [-0.05, 0) is 43.9 Å². The Bertz CT molecular complexity index is 581. The first kappa shape index (κ1) is 15.8. The number of nitrogens with one attached hydrogen (secondary N) is 1. The van der Waals surface area contributed by atoms with Gasteiger partial charge in [-0.2, -0.15) is 0 Å². The molecule has 3 rings (SSSR count). The summed E-state index contributed by atoms with van der Waals surface area (Å²) in [5, 5.41) is 2.96. The van der Waals surface area contributed by atoms with E-state index in [4.69, 9.17) is 0 Å². The van der Waals surface area contributed by atoms with Crippen molar-refractivity contribution in [3.05, 3.63) is 29.8 Å². The van der Waals surface area contributed by atoms with Crippen LogP contribution in [0.3, 0.4) is 0 Å². The van der Waals surface area contributed by atoms with E-state index in [0.29, 0.717) is 19.5 Å². The van der Waals surface area contributed by atoms with Crippen molar-refractivity contribution in [3.63, 3.8) is 0 Å². The van der Waals surface area contributed by atoms with E-state index in [9.17, 15) is 9.59 Å². The van der Waals surface area contributed by atoms with Crippen molar-refractivity contribution in [2.75, 3.05) is 24.5 Å². The summed E-state index contributed by atoms with van der Waals surface area (Å²) in [5.74, 6) is 0.00973. The Hall–Kier alpha value is -2.04. The molecule has 23 heavy (non-hydrogen) atoms. The highest BCUT2D eigenvalue weighted by Gasteiger charge is 2.29. The Morgan fingerprint density at radius 1 is 1.22 bits per heavy atom. The highest BCUT2D eigenvalue weighted by molar-refractivity contribution is 5.88. The number of rotatable bonds is 5. The molecule has 1 aromatic rings. The summed E-state index contributed by atoms with van der Waals surface area (Å²) in [6.07, 6.45) is 3.93. The number of nitrogens with zero attached hydrogens (tertiary/aromatic N) is 2. The summed E-state index contributed by atoms with van der Waals surface area (Å²) in [6, 6.07) is 7.97. The molecule has 5 nitrogen and oxygen atoms in total. The van der Waals surface area contributed by atoms with Crippen molar-refractivity contribution in [1.82, 2.24) is 10.2 Å². The Kier molecular flexibility index (Phi) is 4.84. The largest absolute Gasteiger partial charge is 0.372 e. The maximum Gasteiger partial charge on any atom is 0.242 e. The zero-order valence-electron chi connectivity index (χ0n) is 13.8. The number of hydrogen-bond acceptors (Lipinski definition) is 3. The molecule has 1 unspecified atom stereocenters. The molecule has 5 heteroatoms. The molecule has 2 heterocycles. The molecule has 2 aliphatic rings. The first-order valence-corrected chi connectivity index (χ1v) is 8.56. The average molecular weight is 315 g/mol. The molecule has 2 amide bonds. The van der Waals surface area contributed by atoms with Crippen molar-refractivity contribution in [3.8, 4) is 0 Å². The van der Waals surface area contributed by atoms with E-state index < -0.39 is 0 Å². The van der Waals surface area contributed by atoms with Crippen molar-refractivity contribution in [2.45, 2.75) is 45.2 Å². The zero-order valence-corrected chi connectivity index (χ0v) is 13.8. The van der Waals surface area contributed by atoms with Gasteiger partial charge in [-0.25, -0.2) is 0 Å². The van der Waals surface area contributed by atoms with Gasteiger partial charge in [0, 0.05) is 38.3 Å². The molecule has 0 spiro atoms. The number of carbonyl (C=O) groups is 2. The molecule has 124 valence electrons. The number of carbonyl (C=O) groups excluding carboxylic acids is 2. The number of anilines is 1. The van der Waals surface area contributed by atoms with E-state index >= 15 is 0 Å². The van der Waals surface area contributed by atoms with Crippen LogP contribution in [-0.2, 0) is 16.1 Å². The van der Waals surface area contributed by atoms with Crippen LogP contribution in [0.4, 0.5) is 5.69 Å². The molecule has 2 fully saturated rings. The molecule has 0 aromatic heterocycles. The second-order valence-corrected chi connectivity index (χ2v) is 6.45. The first-order valence-electron chi connectivity index (χ1n) is 8.56. The number of benzene rings is 1. The maximum atomic E-state index is 12.3. The number of amides is 2. The minimum Gasteiger partial charge on any atom is -0.372 e. The molecule has 1 atom stereocenters. The molecular formula is C18H25N3O2. The van der Waals surface area contributed by atoms with E-state index in [-0.39, 0.29) is 17.9 Å². The predicted octanol–water partition coefficient (Wildman–Crippen LogP) is 1.91. The lowest BCUT2D eigenvalue weighted by Crippen LogP contribution is -2.45. The van der Waals surface area contributed by atoms with Gasteiger partial charge in [-0.15, -0.1) is 0 Å². The summed E-state index contributed by atoms with van der Waals surface area (Å²) in [6.45, 7) is 5.23. The molecule has 0 radical (unpaired) electrons. The third-order valence-electron chi connectivity index (χ3n) is 4.81. The predicted molar refractivity (Wildman–Crippen MR) is 90.1 cm³/mol. The first-order chi connectivity index (χ1) is 11.1. The Morgan fingerprint density at radius 2 is 2.00 bits per heavy atom. The Labute approximate surface area is 137 Å². The second-order valence-electron chi connectivity index (χ2n) is 6.45.